The summed E-state index contributed by atoms with van der Waals surface area (Å²) in [7, 11) is 0. The summed E-state index contributed by atoms with van der Waals surface area (Å²) in [4.78, 5) is 14.2. The lowest BCUT2D eigenvalue weighted by molar-refractivity contribution is -0.114. The molecule has 11 heavy (non-hydrogen) atoms. The van der Waals surface area contributed by atoms with Crippen LogP contribution in [0.1, 0.15) is 6.92 Å². The molecule has 0 aromatic carbocycles. The maximum atomic E-state index is 10.5. The average molecular weight is 170 g/mol. The third-order valence-corrected chi connectivity index (χ3v) is 1.33. The van der Waals surface area contributed by atoms with Gasteiger partial charge in [-0.05, 0) is 6.07 Å². The number of carbonyl (C=O) groups excluding carboxylic acids is 1. The Hall–Kier alpha value is -1.09. The van der Waals surface area contributed by atoms with E-state index in [1.165, 1.54) is 13.1 Å². The van der Waals surface area contributed by atoms with Crippen LogP contribution in [0, 0.1) is 6.20 Å². The van der Waals surface area contributed by atoms with E-state index < -0.39 is 0 Å². The second-order valence-electron chi connectivity index (χ2n) is 1.96. The van der Waals surface area contributed by atoms with E-state index in [1.54, 1.807) is 6.07 Å². The minimum atomic E-state index is -0.184. The summed E-state index contributed by atoms with van der Waals surface area (Å²) in [6.07, 6.45) is 4.06. The van der Waals surface area contributed by atoms with E-state index in [1.807, 2.05) is 0 Å². The predicted molar refractivity (Wildman–Crippen MR) is 42.4 cm³/mol. The van der Waals surface area contributed by atoms with E-state index in [0.29, 0.717) is 10.7 Å². The Balaban J connectivity index is 2.86. The molecule has 0 saturated heterocycles. The molecule has 1 aromatic rings. The molecule has 0 unspecified atom stereocenters. The zero-order chi connectivity index (χ0) is 8.27. The summed E-state index contributed by atoms with van der Waals surface area (Å²) < 4.78 is 0. The number of hydrogen-bond donors (Lipinski definition) is 1. The van der Waals surface area contributed by atoms with Crippen LogP contribution in [0.15, 0.2) is 12.3 Å². The number of carbonyl (C=O) groups is 1. The third kappa shape index (κ3) is 2.20. The quantitative estimate of drug-likeness (QED) is 0.692. The van der Waals surface area contributed by atoms with Crippen molar-refractivity contribution in [3.8, 4) is 0 Å². The number of halogens is 1. The average Bonchev–Trinajstić information content (AvgIpc) is 1.93. The lowest BCUT2D eigenvalue weighted by atomic mass is 10.4. The van der Waals surface area contributed by atoms with Crippen molar-refractivity contribution < 1.29 is 4.79 Å². The highest BCUT2D eigenvalue weighted by Gasteiger charge is 1.99. The summed E-state index contributed by atoms with van der Waals surface area (Å²) in [5.74, 6) is -0.184. The molecule has 0 saturated carbocycles. The van der Waals surface area contributed by atoms with E-state index in [9.17, 15) is 4.79 Å². The van der Waals surface area contributed by atoms with Gasteiger partial charge in [-0.3, -0.25) is 9.78 Å². The van der Waals surface area contributed by atoms with Crippen LogP contribution in [-0.4, -0.2) is 10.9 Å². The first kappa shape index (κ1) is 8.01. The van der Waals surface area contributed by atoms with Gasteiger partial charge in [-0.2, -0.15) is 0 Å². The first-order valence-corrected chi connectivity index (χ1v) is 3.37. The summed E-state index contributed by atoms with van der Waals surface area (Å²) in [5.41, 5.74) is 0.418. The molecule has 0 aliphatic heterocycles. The number of anilines is 1. The highest BCUT2D eigenvalue weighted by atomic mass is 35.5. The largest absolute Gasteiger partial charge is 0.323 e. The Morgan fingerprint density at radius 3 is 3.09 bits per heavy atom. The van der Waals surface area contributed by atoms with Crippen molar-refractivity contribution in [2.45, 2.75) is 6.92 Å². The van der Waals surface area contributed by atoms with Gasteiger partial charge in [0.05, 0.1) is 10.7 Å². The number of rotatable bonds is 1. The van der Waals surface area contributed by atoms with E-state index in [2.05, 4.69) is 16.5 Å². The van der Waals surface area contributed by atoms with Gasteiger partial charge in [0.2, 0.25) is 5.91 Å². The monoisotopic (exact) mass is 169 g/mol. The molecule has 0 fully saturated rings. The smallest absolute Gasteiger partial charge is 0.221 e. The third-order valence-electron chi connectivity index (χ3n) is 1.01. The van der Waals surface area contributed by atoms with E-state index >= 15 is 0 Å². The van der Waals surface area contributed by atoms with Crippen LogP contribution < -0.4 is 5.32 Å². The second kappa shape index (κ2) is 3.34. The van der Waals surface area contributed by atoms with E-state index in [0.717, 1.165) is 0 Å². The van der Waals surface area contributed by atoms with Gasteiger partial charge in [-0.25, -0.2) is 0 Å². The molecule has 0 bridgehead atoms. The Bertz CT molecular complexity index is 275. The van der Waals surface area contributed by atoms with Crippen molar-refractivity contribution in [1.29, 1.82) is 0 Å². The summed E-state index contributed by atoms with van der Waals surface area (Å²) in [6, 6.07) is 1.59. The fourth-order valence-corrected chi connectivity index (χ4v) is 0.751. The highest BCUT2D eigenvalue weighted by Crippen LogP contribution is 2.17. The molecule has 4 heteroatoms. The fraction of sp³-hybridized carbons (Fsp3) is 0.143. The Labute approximate surface area is 69.4 Å². The molecule has 57 valence electrons. The van der Waals surface area contributed by atoms with Crippen LogP contribution in [0.5, 0.6) is 0 Å². The van der Waals surface area contributed by atoms with Crippen molar-refractivity contribution >= 4 is 23.2 Å². The number of pyridine rings is 1. The zero-order valence-electron chi connectivity index (χ0n) is 5.89. The summed E-state index contributed by atoms with van der Waals surface area (Å²) in [5, 5.41) is 2.92. The number of nitrogens with one attached hydrogen (secondary N) is 1. The number of amides is 1. The maximum absolute atomic E-state index is 10.5. The molecular weight excluding hydrogens is 164 g/mol. The van der Waals surface area contributed by atoms with Crippen molar-refractivity contribution in [2.75, 3.05) is 5.32 Å². The second-order valence-corrected chi connectivity index (χ2v) is 2.37. The summed E-state index contributed by atoms with van der Waals surface area (Å²) in [6.45, 7) is 1.40. The van der Waals surface area contributed by atoms with Gasteiger partial charge in [-0.1, -0.05) is 11.6 Å². The fourth-order valence-electron chi connectivity index (χ4n) is 0.605. The molecule has 1 radical (unpaired) electrons. The molecule has 1 N–H and O–H groups in total. The van der Waals surface area contributed by atoms with Gasteiger partial charge < -0.3 is 5.32 Å². The molecule has 0 atom stereocenters. The number of nitrogens with zero attached hydrogens (tertiary/aromatic N) is 1. The predicted octanol–water partition coefficient (Wildman–Crippen LogP) is 1.49. The molecule has 0 spiro atoms. The topological polar surface area (TPSA) is 42.0 Å². The SMILES string of the molecule is CC(=O)Nc1[c]nccc1Cl. The molecular formula is C7H6ClN2O. The van der Waals surface area contributed by atoms with Crippen LogP contribution >= 0.6 is 11.6 Å². The van der Waals surface area contributed by atoms with Crippen molar-refractivity contribution in [3.05, 3.63) is 23.5 Å². The van der Waals surface area contributed by atoms with Crippen LogP contribution in [0.25, 0.3) is 0 Å². The van der Waals surface area contributed by atoms with Crippen molar-refractivity contribution in [1.82, 2.24) is 4.98 Å². The Morgan fingerprint density at radius 1 is 1.82 bits per heavy atom. The van der Waals surface area contributed by atoms with Crippen molar-refractivity contribution in [3.63, 3.8) is 0 Å². The van der Waals surface area contributed by atoms with Gasteiger partial charge in [0, 0.05) is 13.1 Å². The number of aromatic nitrogens is 1. The molecule has 1 aromatic heterocycles. The number of hydrogen-bond acceptors (Lipinski definition) is 2. The van der Waals surface area contributed by atoms with Gasteiger partial charge in [0.15, 0.2) is 0 Å². The minimum absolute atomic E-state index is 0.184. The minimum Gasteiger partial charge on any atom is -0.323 e. The Kier molecular flexibility index (Phi) is 2.44. The molecule has 3 nitrogen and oxygen atoms in total. The van der Waals surface area contributed by atoms with Gasteiger partial charge in [0.25, 0.3) is 0 Å². The normalized spacial score (nSPS) is 9.27. The van der Waals surface area contributed by atoms with Gasteiger partial charge in [-0.15, -0.1) is 0 Å². The lowest BCUT2D eigenvalue weighted by Crippen LogP contribution is -2.06. The molecule has 0 aliphatic rings. The molecule has 1 rings (SSSR count). The van der Waals surface area contributed by atoms with Crippen LogP contribution in [0.2, 0.25) is 5.02 Å². The molecule has 1 heterocycles. The van der Waals surface area contributed by atoms with Gasteiger partial charge in [0.1, 0.15) is 6.20 Å². The van der Waals surface area contributed by atoms with Gasteiger partial charge >= 0.3 is 0 Å². The van der Waals surface area contributed by atoms with E-state index in [4.69, 9.17) is 11.6 Å². The van der Waals surface area contributed by atoms with Crippen molar-refractivity contribution in [2.24, 2.45) is 0 Å². The van der Waals surface area contributed by atoms with Crippen LogP contribution in [0.4, 0.5) is 5.69 Å². The molecule has 1 amide bonds. The van der Waals surface area contributed by atoms with Crippen LogP contribution in [0.3, 0.4) is 0 Å². The summed E-state index contributed by atoms with van der Waals surface area (Å²) >= 11 is 5.68. The maximum Gasteiger partial charge on any atom is 0.221 e. The first-order valence-electron chi connectivity index (χ1n) is 3.00. The lowest BCUT2D eigenvalue weighted by Gasteiger charge is -2.00. The molecule has 0 aliphatic carbocycles. The van der Waals surface area contributed by atoms with Crippen LogP contribution in [-0.2, 0) is 4.79 Å². The highest BCUT2D eigenvalue weighted by molar-refractivity contribution is 6.33. The van der Waals surface area contributed by atoms with E-state index in [-0.39, 0.29) is 5.91 Å². The first-order chi connectivity index (χ1) is 5.20. The zero-order valence-corrected chi connectivity index (χ0v) is 6.64. The Morgan fingerprint density at radius 2 is 2.55 bits per heavy atom. The standard InChI is InChI=1S/C7H6ClN2O/c1-5(11)10-7-4-9-3-2-6(7)8/h2-3H,1H3,(H,10,11).